The molecule has 6 bridgehead atoms. The van der Waals surface area contributed by atoms with Crippen molar-refractivity contribution in [3.63, 3.8) is 0 Å². The van der Waals surface area contributed by atoms with Crippen LogP contribution in [-0.2, 0) is 22.4 Å². The van der Waals surface area contributed by atoms with Gasteiger partial charge in [-0.2, -0.15) is 31.3 Å². The van der Waals surface area contributed by atoms with Crippen molar-refractivity contribution in [3.05, 3.63) is 65.1 Å². The van der Waals surface area contributed by atoms with Gasteiger partial charge in [-0.15, -0.1) is 0 Å². The number of anilines is 4. The minimum atomic E-state index is -5.08. The van der Waals surface area contributed by atoms with Crippen LogP contribution in [0.5, 0.6) is 0 Å². The van der Waals surface area contributed by atoms with E-state index in [1.165, 1.54) is 11.1 Å². The molecule has 1 aliphatic rings. The molecule has 9 nitrogen and oxygen atoms in total. The number of alkyl halides is 6. The van der Waals surface area contributed by atoms with Gasteiger partial charge in [0.15, 0.2) is 5.82 Å². The Balaban J connectivity index is 0.000000286. The predicted octanol–water partition coefficient (Wildman–Crippen LogP) is 5.38. The maximum atomic E-state index is 10.6. The standard InChI is InChI=1S/C17H14ClN5.2C2HF3O2/c18-15-10-20-17-22-14-7-12(8-19-9-14)5-4-11-2-1-3-13(6-11)21-16(15)23-17;2*3-2(4,5)1(6)7/h1-3,6-10H,4-5H2,(H2,20,21,22,23);2*(H,6,7). The summed E-state index contributed by atoms with van der Waals surface area (Å²) in [4.78, 5) is 30.7. The van der Waals surface area contributed by atoms with Gasteiger partial charge in [0.25, 0.3) is 0 Å². The van der Waals surface area contributed by atoms with E-state index in [1.54, 1.807) is 12.4 Å². The van der Waals surface area contributed by atoms with Gasteiger partial charge in [-0.1, -0.05) is 23.7 Å². The Bertz CT molecular complexity index is 1230. The highest BCUT2D eigenvalue weighted by atomic mass is 35.5. The summed E-state index contributed by atoms with van der Waals surface area (Å²) in [5, 5.41) is 21.2. The molecule has 16 heteroatoms. The lowest BCUT2D eigenvalue weighted by molar-refractivity contribution is -0.193. The molecule has 37 heavy (non-hydrogen) atoms. The number of fused-ring (bicyclic) bond motifs is 6. The average molecular weight is 552 g/mol. The highest BCUT2D eigenvalue weighted by Crippen LogP contribution is 2.26. The van der Waals surface area contributed by atoms with Crippen molar-refractivity contribution in [2.75, 3.05) is 10.6 Å². The van der Waals surface area contributed by atoms with Crippen LogP contribution in [-0.4, -0.2) is 49.5 Å². The van der Waals surface area contributed by atoms with Gasteiger partial charge in [-0.05, 0) is 42.2 Å². The van der Waals surface area contributed by atoms with E-state index < -0.39 is 24.3 Å². The summed E-state index contributed by atoms with van der Waals surface area (Å²) < 4.78 is 63.5. The molecule has 0 atom stereocenters. The fourth-order valence-electron chi connectivity index (χ4n) is 2.57. The van der Waals surface area contributed by atoms with E-state index in [4.69, 9.17) is 31.4 Å². The van der Waals surface area contributed by atoms with E-state index in [0.717, 1.165) is 24.2 Å². The molecule has 0 amide bonds. The Morgan fingerprint density at radius 2 is 1.41 bits per heavy atom. The Labute approximate surface area is 209 Å². The largest absolute Gasteiger partial charge is 0.490 e. The summed E-state index contributed by atoms with van der Waals surface area (Å²) >= 11 is 6.21. The number of carboxylic acid groups (broad SMARTS) is 2. The van der Waals surface area contributed by atoms with Gasteiger partial charge in [-0.25, -0.2) is 14.6 Å². The number of benzene rings is 1. The van der Waals surface area contributed by atoms with Gasteiger partial charge in [0.2, 0.25) is 5.95 Å². The van der Waals surface area contributed by atoms with Crippen LogP contribution in [0, 0.1) is 0 Å². The Morgan fingerprint density at radius 1 is 0.838 bits per heavy atom. The van der Waals surface area contributed by atoms with Crippen LogP contribution in [0.3, 0.4) is 0 Å². The molecule has 3 aromatic rings. The molecule has 0 saturated heterocycles. The molecular formula is C21H16ClF6N5O4. The molecule has 1 aromatic carbocycles. The van der Waals surface area contributed by atoms with E-state index >= 15 is 0 Å². The van der Waals surface area contributed by atoms with Crippen LogP contribution in [0.15, 0.2) is 48.9 Å². The molecule has 3 heterocycles. The number of carboxylic acids is 2. The summed E-state index contributed by atoms with van der Waals surface area (Å²) in [6.45, 7) is 0. The smallest absolute Gasteiger partial charge is 0.475 e. The summed E-state index contributed by atoms with van der Waals surface area (Å²) in [7, 11) is 0. The van der Waals surface area contributed by atoms with Crippen LogP contribution >= 0.6 is 11.6 Å². The topological polar surface area (TPSA) is 137 Å². The quantitative estimate of drug-likeness (QED) is 0.271. The zero-order valence-corrected chi connectivity index (χ0v) is 19.0. The lowest BCUT2D eigenvalue weighted by atomic mass is 10.0. The summed E-state index contributed by atoms with van der Waals surface area (Å²) in [6, 6.07) is 10.3. The minimum Gasteiger partial charge on any atom is -0.475 e. The van der Waals surface area contributed by atoms with E-state index in [2.05, 4.69) is 43.8 Å². The van der Waals surface area contributed by atoms with E-state index in [-0.39, 0.29) is 0 Å². The van der Waals surface area contributed by atoms with Gasteiger partial charge in [-0.3, -0.25) is 4.98 Å². The lowest BCUT2D eigenvalue weighted by Gasteiger charge is -2.10. The predicted molar refractivity (Wildman–Crippen MR) is 119 cm³/mol. The molecule has 1 aliphatic heterocycles. The first-order chi connectivity index (χ1) is 17.1. The second-order valence-corrected chi connectivity index (χ2v) is 7.44. The first-order valence-corrected chi connectivity index (χ1v) is 10.2. The van der Waals surface area contributed by atoms with Crippen LogP contribution < -0.4 is 10.6 Å². The molecule has 2 aromatic heterocycles. The number of halogens is 7. The first-order valence-electron chi connectivity index (χ1n) is 9.85. The Kier molecular flexibility index (Phi) is 9.60. The molecule has 0 aliphatic carbocycles. The molecule has 4 rings (SSSR count). The first kappa shape index (κ1) is 29.1. The van der Waals surface area contributed by atoms with Crippen molar-refractivity contribution < 1.29 is 46.1 Å². The normalized spacial score (nSPS) is 12.3. The third-order valence-corrected chi connectivity index (χ3v) is 4.45. The van der Waals surface area contributed by atoms with Crippen LogP contribution in [0.4, 0.5) is 49.5 Å². The second-order valence-electron chi connectivity index (χ2n) is 7.03. The zero-order valence-electron chi connectivity index (χ0n) is 18.2. The van der Waals surface area contributed by atoms with Crippen LogP contribution in [0.2, 0.25) is 5.02 Å². The van der Waals surface area contributed by atoms with Crippen molar-refractivity contribution >= 4 is 46.7 Å². The third kappa shape index (κ3) is 9.79. The zero-order chi connectivity index (χ0) is 27.8. The Morgan fingerprint density at radius 3 is 2.00 bits per heavy atom. The average Bonchev–Trinajstić information content (AvgIpc) is 2.80. The molecule has 198 valence electrons. The number of aryl methyl sites for hydroxylation is 2. The van der Waals surface area contributed by atoms with Gasteiger partial charge >= 0.3 is 24.3 Å². The van der Waals surface area contributed by atoms with E-state index in [0.29, 0.717) is 16.8 Å². The second kappa shape index (κ2) is 12.2. The monoisotopic (exact) mass is 551 g/mol. The number of rotatable bonds is 0. The lowest BCUT2D eigenvalue weighted by Crippen LogP contribution is -2.21. The molecule has 0 saturated carbocycles. The minimum absolute atomic E-state index is 0.475. The maximum absolute atomic E-state index is 10.6. The van der Waals surface area contributed by atoms with Crippen molar-refractivity contribution in [2.24, 2.45) is 0 Å². The highest BCUT2D eigenvalue weighted by Gasteiger charge is 2.38. The fourth-order valence-corrected chi connectivity index (χ4v) is 2.71. The number of aromatic nitrogens is 3. The summed E-state index contributed by atoms with van der Waals surface area (Å²) in [5.74, 6) is -4.46. The molecule has 0 unspecified atom stereocenters. The van der Waals surface area contributed by atoms with Gasteiger partial charge in [0, 0.05) is 11.9 Å². The van der Waals surface area contributed by atoms with Crippen molar-refractivity contribution in [1.29, 1.82) is 0 Å². The Hall–Kier alpha value is -4.14. The number of hydrogen-bond acceptors (Lipinski definition) is 7. The number of aliphatic carboxylic acids is 2. The fraction of sp³-hybridized carbons (Fsp3) is 0.190. The number of hydrogen-bond donors (Lipinski definition) is 4. The third-order valence-electron chi connectivity index (χ3n) is 4.17. The van der Waals surface area contributed by atoms with Crippen molar-refractivity contribution in [1.82, 2.24) is 15.0 Å². The van der Waals surface area contributed by atoms with Gasteiger partial charge in [0.05, 0.1) is 18.1 Å². The number of carbonyl (C=O) groups is 2. The summed E-state index contributed by atoms with van der Waals surface area (Å²) in [6.07, 6.45) is -3.07. The van der Waals surface area contributed by atoms with Crippen LogP contribution in [0.1, 0.15) is 11.1 Å². The highest BCUT2D eigenvalue weighted by molar-refractivity contribution is 6.32. The molecule has 0 radical (unpaired) electrons. The number of nitrogens with zero attached hydrogens (tertiary/aromatic N) is 3. The van der Waals surface area contributed by atoms with Gasteiger partial charge < -0.3 is 20.8 Å². The van der Waals surface area contributed by atoms with Gasteiger partial charge in [0.1, 0.15) is 5.02 Å². The SMILES string of the molecule is Clc1cnc2nc1Nc1cccc(c1)CCc1cncc(c1)N2.O=C(O)C(F)(F)F.O=C(O)C(F)(F)F. The molecular weight excluding hydrogens is 536 g/mol. The molecule has 0 fully saturated rings. The number of nitrogens with one attached hydrogen (secondary N) is 2. The molecule has 0 spiro atoms. The van der Waals surface area contributed by atoms with Crippen molar-refractivity contribution in [3.8, 4) is 0 Å². The van der Waals surface area contributed by atoms with E-state index in [1.807, 2.05) is 18.3 Å². The van der Waals surface area contributed by atoms with E-state index in [9.17, 15) is 26.3 Å². The van der Waals surface area contributed by atoms with Crippen molar-refractivity contribution in [2.45, 2.75) is 25.2 Å². The summed E-state index contributed by atoms with van der Waals surface area (Å²) in [5.41, 5.74) is 4.24. The molecule has 4 N–H and O–H groups in total. The van der Waals surface area contributed by atoms with Crippen LogP contribution in [0.25, 0.3) is 0 Å². The maximum Gasteiger partial charge on any atom is 0.490 e. The number of pyridine rings is 1.